The van der Waals surface area contributed by atoms with Crippen molar-refractivity contribution in [1.29, 1.82) is 0 Å². The normalized spacial score (nSPS) is 11.5. The Labute approximate surface area is 193 Å². The fourth-order valence-corrected chi connectivity index (χ4v) is 3.40. The minimum Gasteiger partial charge on any atom is -0.490 e. The number of H-pyrrole nitrogens is 1. The Balaban J connectivity index is 2.32. The summed E-state index contributed by atoms with van der Waals surface area (Å²) in [7, 11) is 1.27. The number of rotatable bonds is 11. The Morgan fingerprint density at radius 3 is 1.94 bits per heavy atom. The minimum atomic E-state index is -1.11. The zero-order chi connectivity index (χ0) is 24.7. The molecule has 0 saturated carbocycles. The standard InChI is InChI=1S/C24H31NO8/c1-8-30-17-11-16(12-18(31-9-2)22(17)32-10-3)23(27)33-15(6)21(26)20-13(4)19(14(5)25-20)24(28)29-7/h11-12,15,25H,8-10H2,1-7H3. The molecule has 1 heterocycles. The van der Waals surface area contributed by atoms with E-state index in [0.717, 1.165) is 0 Å². The molecule has 1 unspecified atom stereocenters. The van der Waals surface area contributed by atoms with Crippen LogP contribution in [0.3, 0.4) is 0 Å². The molecule has 0 radical (unpaired) electrons. The number of benzene rings is 1. The number of aromatic nitrogens is 1. The zero-order valence-corrected chi connectivity index (χ0v) is 20.1. The lowest BCUT2D eigenvalue weighted by atomic mass is 10.1. The molecule has 0 saturated heterocycles. The molecule has 9 nitrogen and oxygen atoms in total. The van der Waals surface area contributed by atoms with Gasteiger partial charge in [0.2, 0.25) is 11.5 Å². The highest BCUT2D eigenvalue weighted by Crippen LogP contribution is 2.39. The molecule has 0 bridgehead atoms. The third-order valence-electron chi connectivity index (χ3n) is 4.87. The van der Waals surface area contributed by atoms with Crippen molar-refractivity contribution in [2.75, 3.05) is 26.9 Å². The number of hydrogen-bond acceptors (Lipinski definition) is 8. The first kappa shape index (κ1) is 25.8. The van der Waals surface area contributed by atoms with E-state index < -0.39 is 23.8 Å². The van der Waals surface area contributed by atoms with Crippen molar-refractivity contribution in [2.24, 2.45) is 0 Å². The van der Waals surface area contributed by atoms with Gasteiger partial charge < -0.3 is 28.7 Å². The van der Waals surface area contributed by atoms with E-state index in [2.05, 4.69) is 4.98 Å². The molecule has 0 aliphatic heterocycles. The van der Waals surface area contributed by atoms with Crippen LogP contribution in [0.5, 0.6) is 17.2 Å². The summed E-state index contributed by atoms with van der Waals surface area (Å²) in [6, 6.07) is 2.99. The highest BCUT2D eigenvalue weighted by Gasteiger charge is 2.28. The summed E-state index contributed by atoms with van der Waals surface area (Å²) in [6.45, 7) is 11.3. The second-order valence-electron chi connectivity index (χ2n) is 7.13. The van der Waals surface area contributed by atoms with Crippen molar-refractivity contribution >= 4 is 17.7 Å². The van der Waals surface area contributed by atoms with Crippen LogP contribution in [-0.4, -0.2) is 55.7 Å². The average Bonchev–Trinajstić information content (AvgIpc) is 3.08. The molecule has 0 aliphatic rings. The van der Waals surface area contributed by atoms with Gasteiger partial charge in [0, 0.05) is 5.69 Å². The Hall–Kier alpha value is -3.49. The lowest BCUT2D eigenvalue weighted by molar-refractivity contribution is 0.0316. The monoisotopic (exact) mass is 461 g/mol. The van der Waals surface area contributed by atoms with Crippen LogP contribution in [-0.2, 0) is 9.47 Å². The van der Waals surface area contributed by atoms with E-state index in [-0.39, 0.29) is 16.8 Å². The summed E-state index contributed by atoms with van der Waals surface area (Å²) in [6.07, 6.45) is -1.11. The van der Waals surface area contributed by atoms with Gasteiger partial charge in [-0.2, -0.15) is 0 Å². The van der Waals surface area contributed by atoms with Crippen LogP contribution in [0.25, 0.3) is 0 Å². The van der Waals surface area contributed by atoms with E-state index in [1.165, 1.54) is 26.2 Å². The molecule has 0 fully saturated rings. The summed E-state index contributed by atoms with van der Waals surface area (Å²) >= 11 is 0. The van der Waals surface area contributed by atoms with Crippen molar-refractivity contribution in [1.82, 2.24) is 4.98 Å². The summed E-state index contributed by atoms with van der Waals surface area (Å²) in [4.78, 5) is 40.7. The number of ketones is 1. The number of aromatic amines is 1. The SMILES string of the molecule is CCOc1cc(C(=O)OC(C)C(=O)c2[nH]c(C)c(C(=O)OC)c2C)cc(OCC)c1OCC. The largest absolute Gasteiger partial charge is 0.490 e. The molecule has 0 spiro atoms. The van der Waals surface area contributed by atoms with Crippen LogP contribution in [0.2, 0.25) is 0 Å². The van der Waals surface area contributed by atoms with Gasteiger partial charge in [0.05, 0.1) is 43.8 Å². The third-order valence-corrected chi connectivity index (χ3v) is 4.87. The van der Waals surface area contributed by atoms with Crippen LogP contribution < -0.4 is 14.2 Å². The first-order chi connectivity index (χ1) is 15.7. The number of esters is 2. The lowest BCUT2D eigenvalue weighted by Crippen LogP contribution is -2.25. The van der Waals surface area contributed by atoms with Crippen molar-refractivity contribution in [3.05, 3.63) is 40.2 Å². The van der Waals surface area contributed by atoms with Crippen molar-refractivity contribution in [3.8, 4) is 17.2 Å². The van der Waals surface area contributed by atoms with Gasteiger partial charge in [-0.05, 0) is 59.2 Å². The third kappa shape index (κ3) is 5.66. The van der Waals surface area contributed by atoms with Gasteiger partial charge in [0.15, 0.2) is 17.6 Å². The Kier molecular flexibility index (Phi) is 8.90. The number of carbonyl (C=O) groups is 3. The number of carbonyl (C=O) groups excluding carboxylic acids is 3. The van der Waals surface area contributed by atoms with Crippen LogP contribution in [0.1, 0.15) is 70.2 Å². The van der Waals surface area contributed by atoms with E-state index in [1.807, 2.05) is 20.8 Å². The van der Waals surface area contributed by atoms with Gasteiger partial charge in [-0.25, -0.2) is 9.59 Å². The van der Waals surface area contributed by atoms with E-state index in [4.69, 9.17) is 23.7 Å². The maximum Gasteiger partial charge on any atom is 0.339 e. The second-order valence-corrected chi connectivity index (χ2v) is 7.13. The molecule has 1 aromatic heterocycles. The van der Waals surface area contributed by atoms with Gasteiger partial charge in [-0.1, -0.05) is 0 Å². The molecule has 0 aliphatic carbocycles. The predicted octanol–water partition coefficient (Wildman–Crippen LogP) is 4.04. The van der Waals surface area contributed by atoms with E-state index >= 15 is 0 Å². The molecule has 9 heteroatoms. The van der Waals surface area contributed by atoms with Gasteiger partial charge in [-0.3, -0.25) is 4.79 Å². The van der Waals surface area contributed by atoms with Crippen LogP contribution >= 0.6 is 0 Å². The van der Waals surface area contributed by atoms with Crippen LogP contribution in [0.4, 0.5) is 0 Å². The highest BCUT2D eigenvalue weighted by molar-refractivity contribution is 6.04. The Morgan fingerprint density at radius 1 is 0.909 bits per heavy atom. The lowest BCUT2D eigenvalue weighted by Gasteiger charge is -2.18. The predicted molar refractivity (Wildman–Crippen MR) is 121 cm³/mol. The number of methoxy groups -OCH3 is 1. The molecule has 33 heavy (non-hydrogen) atoms. The molecule has 0 amide bonds. The first-order valence-electron chi connectivity index (χ1n) is 10.8. The van der Waals surface area contributed by atoms with Crippen LogP contribution in [0.15, 0.2) is 12.1 Å². The maximum atomic E-state index is 13.0. The fourth-order valence-electron chi connectivity index (χ4n) is 3.40. The van der Waals surface area contributed by atoms with E-state index in [0.29, 0.717) is 48.3 Å². The summed E-state index contributed by atoms with van der Waals surface area (Å²) in [5.41, 5.74) is 1.55. The topological polar surface area (TPSA) is 113 Å². The number of ether oxygens (including phenoxy) is 5. The molecule has 180 valence electrons. The average molecular weight is 462 g/mol. The number of Topliss-reactive ketones (excluding diaryl/α,β-unsaturated/α-hetero) is 1. The van der Waals surface area contributed by atoms with Crippen LogP contribution in [0, 0.1) is 13.8 Å². The number of hydrogen-bond donors (Lipinski definition) is 1. The molecule has 1 N–H and O–H groups in total. The molecular weight excluding hydrogens is 430 g/mol. The highest BCUT2D eigenvalue weighted by atomic mass is 16.6. The van der Waals surface area contributed by atoms with Crippen molar-refractivity contribution < 1.29 is 38.1 Å². The Bertz CT molecular complexity index is 997. The Morgan fingerprint density at radius 2 is 1.45 bits per heavy atom. The summed E-state index contributed by atoms with van der Waals surface area (Å²) in [5.74, 6) is -0.666. The maximum absolute atomic E-state index is 13.0. The summed E-state index contributed by atoms with van der Waals surface area (Å²) < 4.78 is 27.1. The van der Waals surface area contributed by atoms with E-state index in [9.17, 15) is 14.4 Å². The zero-order valence-electron chi connectivity index (χ0n) is 20.1. The fraction of sp³-hybridized carbons (Fsp3) is 0.458. The number of nitrogens with one attached hydrogen (secondary N) is 1. The minimum absolute atomic E-state index is 0.152. The summed E-state index contributed by atoms with van der Waals surface area (Å²) in [5, 5.41) is 0. The quantitative estimate of drug-likeness (QED) is 0.394. The molecule has 2 aromatic rings. The molecule has 2 rings (SSSR count). The smallest absolute Gasteiger partial charge is 0.339 e. The molecule has 1 aromatic carbocycles. The van der Waals surface area contributed by atoms with Gasteiger partial charge in [-0.15, -0.1) is 0 Å². The second kappa shape index (κ2) is 11.4. The van der Waals surface area contributed by atoms with Gasteiger partial charge in [0.1, 0.15) is 0 Å². The number of aryl methyl sites for hydroxylation is 1. The molecular formula is C24H31NO8. The van der Waals surface area contributed by atoms with Crippen molar-refractivity contribution in [3.63, 3.8) is 0 Å². The van der Waals surface area contributed by atoms with Crippen molar-refractivity contribution in [2.45, 2.75) is 47.6 Å². The molecule has 1 atom stereocenters. The van der Waals surface area contributed by atoms with Gasteiger partial charge in [0.25, 0.3) is 0 Å². The van der Waals surface area contributed by atoms with E-state index in [1.54, 1.807) is 13.8 Å². The van der Waals surface area contributed by atoms with Gasteiger partial charge >= 0.3 is 11.9 Å². The first-order valence-corrected chi connectivity index (χ1v) is 10.8.